The van der Waals surface area contributed by atoms with Crippen molar-refractivity contribution in [1.29, 1.82) is 0 Å². The molecule has 120 valence electrons. The van der Waals surface area contributed by atoms with Gasteiger partial charge in [0.15, 0.2) is 5.69 Å². The van der Waals surface area contributed by atoms with Crippen molar-refractivity contribution >= 4 is 23.3 Å². The fourth-order valence-corrected chi connectivity index (χ4v) is 1.88. The van der Waals surface area contributed by atoms with Crippen LogP contribution in [0.4, 0.5) is 11.4 Å². The van der Waals surface area contributed by atoms with E-state index in [0.717, 1.165) is 6.07 Å². The number of non-ortho nitro benzene ring substituents is 1. The first-order valence-electron chi connectivity index (χ1n) is 6.23. The average molecular weight is 320 g/mol. The second-order valence-electron chi connectivity index (χ2n) is 4.50. The molecule has 0 saturated heterocycles. The fourth-order valence-electron chi connectivity index (χ4n) is 1.88. The lowest BCUT2D eigenvalue weighted by molar-refractivity contribution is -0.384. The molecule has 0 radical (unpaired) electrons. The number of benzene rings is 1. The summed E-state index contributed by atoms with van der Waals surface area (Å²) in [6, 6.07) is 3.69. The number of amides is 1. The van der Waals surface area contributed by atoms with Crippen molar-refractivity contribution in [3.8, 4) is 5.75 Å². The molecule has 2 rings (SSSR count). The average Bonchev–Trinajstić information content (AvgIpc) is 2.89. The molecule has 10 nitrogen and oxygen atoms in total. The number of hydrogen-bond acceptors (Lipinski definition) is 6. The number of carboxylic acids is 1. The molecule has 1 heterocycles. The number of nitro benzene ring substituents is 1. The van der Waals surface area contributed by atoms with Crippen LogP contribution in [-0.4, -0.2) is 38.8 Å². The normalized spacial score (nSPS) is 10.2. The third-order valence-electron chi connectivity index (χ3n) is 2.87. The lowest BCUT2D eigenvalue weighted by Crippen LogP contribution is -2.16. The summed E-state index contributed by atoms with van der Waals surface area (Å²) in [7, 11) is 2.80. The van der Waals surface area contributed by atoms with Crippen LogP contribution in [0, 0.1) is 10.1 Å². The first-order chi connectivity index (χ1) is 10.8. The van der Waals surface area contributed by atoms with Crippen molar-refractivity contribution in [2.45, 2.75) is 0 Å². The van der Waals surface area contributed by atoms with Crippen molar-refractivity contribution in [3.05, 3.63) is 45.8 Å². The minimum Gasteiger partial charge on any atom is -0.496 e. The summed E-state index contributed by atoms with van der Waals surface area (Å²) in [5, 5.41) is 26.1. The molecule has 2 aromatic rings. The number of aryl methyl sites for hydroxylation is 1. The predicted molar refractivity (Wildman–Crippen MR) is 77.8 cm³/mol. The highest BCUT2D eigenvalue weighted by molar-refractivity contribution is 6.09. The second kappa shape index (κ2) is 6.13. The summed E-state index contributed by atoms with van der Waals surface area (Å²) in [5.41, 5.74) is -0.768. The van der Waals surface area contributed by atoms with Crippen LogP contribution in [0.5, 0.6) is 5.75 Å². The molecule has 0 aliphatic heterocycles. The first kappa shape index (κ1) is 15.9. The van der Waals surface area contributed by atoms with Gasteiger partial charge in [-0.25, -0.2) is 4.79 Å². The quantitative estimate of drug-likeness (QED) is 0.625. The number of anilines is 1. The Morgan fingerprint density at radius 2 is 2.09 bits per heavy atom. The molecule has 0 saturated carbocycles. The van der Waals surface area contributed by atoms with Crippen LogP contribution in [0.25, 0.3) is 0 Å². The van der Waals surface area contributed by atoms with Gasteiger partial charge in [0.25, 0.3) is 11.6 Å². The molecule has 0 spiro atoms. The molecule has 0 aliphatic rings. The number of rotatable bonds is 5. The minimum absolute atomic E-state index is 0.0861. The lowest BCUT2D eigenvalue weighted by atomic mass is 10.2. The summed E-state index contributed by atoms with van der Waals surface area (Å²) >= 11 is 0. The van der Waals surface area contributed by atoms with E-state index in [4.69, 9.17) is 9.84 Å². The standard InChI is InChI=1S/C13H12N4O6/c1-16-6-10(13(19)20)11(15-16)12(18)14-7-3-8(17(21)22)5-9(4-7)23-2/h3-6H,1-2H3,(H,14,18)(H,19,20). The zero-order valence-corrected chi connectivity index (χ0v) is 12.1. The minimum atomic E-state index is -1.31. The van der Waals surface area contributed by atoms with E-state index in [9.17, 15) is 19.7 Å². The van der Waals surface area contributed by atoms with Gasteiger partial charge in [0.05, 0.1) is 23.8 Å². The zero-order chi connectivity index (χ0) is 17.1. The Bertz CT molecular complexity index is 798. The summed E-state index contributed by atoms with van der Waals surface area (Å²) < 4.78 is 6.12. The van der Waals surface area contributed by atoms with Crippen LogP contribution < -0.4 is 10.1 Å². The van der Waals surface area contributed by atoms with Crippen molar-refractivity contribution in [1.82, 2.24) is 9.78 Å². The predicted octanol–water partition coefficient (Wildman–Crippen LogP) is 1.29. The van der Waals surface area contributed by atoms with E-state index < -0.39 is 16.8 Å². The molecule has 1 amide bonds. The van der Waals surface area contributed by atoms with Gasteiger partial charge in [-0.2, -0.15) is 5.10 Å². The molecule has 1 aromatic carbocycles. The van der Waals surface area contributed by atoms with Crippen molar-refractivity contribution in [2.24, 2.45) is 7.05 Å². The number of aromatic nitrogens is 2. The summed E-state index contributed by atoms with van der Waals surface area (Å²) in [5.74, 6) is -1.93. The van der Waals surface area contributed by atoms with E-state index in [1.54, 1.807) is 0 Å². The maximum absolute atomic E-state index is 12.2. The van der Waals surface area contributed by atoms with Gasteiger partial charge in [0.2, 0.25) is 0 Å². The molecule has 0 fully saturated rings. The lowest BCUT2D eigenvalue weighted by Gasteiger charge is -2.06. The number of methoxy groups -OCH3 is 1. The van der Waals surface area contributed by atoms with Crippen molar-refractivity contribution < 1.29 is 24.4 Å². The molecule has 0 aliphatic carbocycles. The Kier molecular flexibility index (Phi) is 4.25. The number of ether oxygens (including phenoxy) is 1. The number of carboxylic acid groups (broad SMARTS) is 1. The van der Waals surface area contributed by atoms with Gasteiger partial charge in [-0.3, -0.25) is 19.6 Å². The van der Waals surface area contributed by atoms with Gasteiger partial charge >= 0.3 is 5.97 Å². The van der Waals surface area contributed by atoms with Gasteiger partial charge in [0.1, 0.15) is 11.3 Å². The molecular weight excluding hydrogens is 308 g/mol. The van der Waals surface area contributed by atoms with E-state index in [0.29, 0.717) is 0 Å². The molecule has 10 heteroatoms. The van der Waals surface area contributed by atoms with Crippen LogP contribution in [0.1, 0.15) is 20.8 Å². The third kappa shape index (κ3) is 3.43. The highest BCUT2D eigenvalue weighted by atomic mass is 16.6. The monoisotopic (exact) mass is 320 g/mol. The van der Waals surface area contributed by atoms with Crippen LogP contribution in [-0.2, 0) is 7.05 Å². The highest BCUT2D eigenvalue weighted by Gasteiger charge is 2.22. The Morgan fingerprint density at radius 1 is 1.39 bits per heavy atom. The maximum atomic E-state index is 12.2. The number of carbonyl (C=O) groups excluding carboxylic acids is 1. The second-order valence-corrected chi connectivity index (χ2v) is 4.50. The summed E-state index contributed by atoms with van der Waals surface area (Å²) in [6.45, 7) is 0. The highest BCUT2D eigenvalue weighted by Crippen LogP contribution is 2.26. The van der Waals surface area contributed by atoms with E-state index in [2.05, 4.69) is 10.4 Å². The molecule has 1 aromatic heterocycles. The molecular formula is C13H12N4O6. The largest absolute Gasteiger partial charge is 0.496 e. The van der Waals surface area contributed by atoms with Crippen molar-refractivity contribution in [2.75, 3.05) is 12.4 Å². The van der Waals surface area contributed by atoms with Crippen LogP contribution >= 0.6 is 0 Å². The number of nitro groups is 1. The molecule has 0 bridgehead atoms. The topological polar surface area (TPSA) is 137 Å². The number of aromatic carboxylic acids is 1. The van der Waals surface area contributed by atoms with Crippen LogP contribution in [0.3, 0.4) is 0 Å². The van der Waals surface area contributed by atoms with E-state index in [1.165, 1.54) is 37.2 Å². The molecule has 2 N–H and O–H groups in total. The van der Waals surface area contributed by atoms with E-state index >= 15 is 0 Å². The van der Waals surface area contributed by atoms with Gasteiger partial charge in [-0.05, 0) is 0 Å². The Hall–Kier alpha value is -3.43. The Labute approximate surface area is 129 Å². The molecule has 0 atom stereocenters. The van der Waals surface area contributed by atoms with Gasteiger partial charge in [0, 0.05) is 25.4 Å². The van der Waals surface area contributed by atoms with E-state index in [1.807, 2.05) is 0 Å². The summed E-state index contributed by atoms with van der Waals surface area (Å²) in [6.07, 6.45) is 1.19. The first-order valence-corrected chi connectivity index (χ1v) is 6.23. The van der Waals surface area contributed by atoms with Gasteiger partial charge < -0.3 is 15.2 Å². The summed E-state index contributed by atoms with van der Waals surface area (Å²) in [4.78, 5) is 33.5. The number of nitrogens with one attached hydrogen (secondary N) is 1. The Morgan fingerprint density at radius 3 is 2.65 bits per heavy atom. The fraction of sp³-hybridized carbons (Fsp3) is 0.154. The Balaban J connectivity index is 2.35. The molecule has 23 heavy (non-hydrogen) atoms. The van der Waals surface area contributed by atoms with Gasteiger partial charge in [-0.15, -0.1) is 0 Å². The molecule has 0 unspecified atom stereocenters. The van der Waals surface area contributed by atoms with Crippen LogP contribution in [0.15, 0.2) is 24.4 Å². The third-order valence-corrected chi connectivity index (χ3v) is 2.87. The van der Waals surface area contributed by atoms with E-state index in [-0.39, 0.29) is 28.4 Å². The van der Waals surface area contributed by atoms with Crippen molar-refractivity contribution in [3.63, 3.8) is 0 Å². The number of carbonyl (C=O) groups is 2. The van der Waals surface area contributed by atoms with Crippen LogP contribution in [0.2, 0.25) is 0 Å². The number of hydrogen-bond donors (Lipinski definition) is 2. The smallest absolute Gasteiger partial charge is 0.339 e. The van der Waals surface area contributed by atoms with Gasteiger partial charge in [-0.1, -0.05) is 0 Å². The SMILES string of the molecule is COc1cc(NC(=O)c2nn(C)cc2C(=O)O)cc([N+](=O)[O-])c1. The maximum Gasteiger partial charge on any atom is 0.339 e. The number of nitrogens with zero attached hydrogens (tertiary/aromatic N) is 3. The zero-order valence-electron chi connectivity index (χ0n) is 12.1.